The lowest BCUT2D eigenvalue weighted by atomic mass is 9.63. The summed E-state index contributed by atoms with van der Waals surface area (Å²) in [4.78, 5) is 46.9. The number of rotatable bonds is 9. The molecule has 46 heavy (non-hydrogen) atoms. The van der Waals surface area contributed by atoms with Gasteiger partial charge in [-0.15, -0.1) is 0 Å². The highest BCUT2D eigenvalue weighted by Crippen LogP contribution is 2.47. The van der Waals surface area contributed by atoms with Gasteiger partial charge >= 0.3 is 12.1 Å². The summed E-state index contributed by atoms with van der Waals surface area (Å²) in [5, 5.41) is 19.8. The Balaban J connectivity index is 0.000000717. The SMILES string of the molecule is C1CCNCC1.O=C(O)OC(=O)C1(C2CCCCC2)CCN(C(=O)[C@@H](Cc2ccc(Cl)cc2)NC(=S)NCCc2cnc[nH]2)CC1. The number of hydrogen-bond acceptors (Lipinski definition) is 7. The number of esters is 1. The number of carbonyl (C=O) groups is 3. The van der Waals surface area contributed by atoms with Crippen LogP contribution in [0.4, 0.5) is 4.79 Å². The number of likely N-dealkylation sites (tertiary alicyclic amines) is 1. The third-order valence-corrected chi connectivity index (χ3v) is 9.85. The number of thiocarbonyl (C=S) groups is 1. The summed E-state index contributed by atoms with van der Waals surface area (Å²) >= 11 is 11.6. The van der Waals surface area contributed by atoms with Gasteiger partial charge in [0.25, 0.3) is 0 Å². The van der Waals surface area contributed by atoms with Crippen LogP contribution >= 0.6 is 23.8 Å². The lowest BCUT2D eigenvalue weighted by Gasteiger charge is -2.46. The van der Waals surface area contributed by atoms with E-state index in [1.807, 2.05) is 12.1 Å². The highest BCUT2D eigenvalue weighted by Gasteiger charge is 2.50. The molecular weight excluding hydrogens is 628 g/mol. The van der Waals surface area contributed by atoms with Crippen molar-refractivity contribution in [3.63, 3.8) is 0 Å². The van der Waals surface area contributed by atoms with Gasteiger partial charge in [-0.3, -0.25) is 9.59 Å². The Kier molecular flexibility index (Phi) is 14.1. The maximum Gasteiger partial charge on any atom is 0.513 e. The molecule has 5 N–H and O–H groups in total. The van der Waals surface area contributed by atoms with Crippen molar-refractivity contribution in [3.05, 3.63) is 53.1 Å². The molecule has 1 aromatic carbocycles. The van der Waals surface area contributed by atoms with Crippen molar-refractivity contribution in [2.24, 2.45) is 11.3 Å². The first-order chi connectivity index (χ1) is 22.3. The fraction of sp³-hybridized carbons (Fsp3) is 0.606. The molecule has 13 heteroatoms. The van der Waals surface area contributed by atoms with Crippen LogP contribution in [-0.2, 0) is 27.2 Å². The van der Waals surface area contributed by atoms with Gasteiger partial charge in [-0.1, -0.05) is 49.4 Å². The Hall–Kier alpha value is -3.22. The van der Waals surface area contributed by atoms with Crippen molar-refractivity contribution in [1.29, 1.82) is 0 Å². The van der Waals surface area contributed by atoms with E-state index in [9.17, 15) is 14.4 Å². The van der Waals surface area contributed by atoms with Crippen LogP contribution in [0.3, 0.4) is 0 Å². The second kappa shape index (κ2) is 18.2. The maximum atomic E-state index is 13.8. The second-order valence-corrected chi connectivity index (χ2v) is 13.2. The normalized spacial score (nSPS) is 18.8. The second-order valence-electron chi connectivity index (χ2n) is 12.4. The molecule has 11 nitrogen and oxygen atoms in total. The van der Waals surface area contributed by atoms with Crippen LogP contribution in [0.15, 0.2) is 36.8 Å². The molecule has 2 aromatic rings. The number of aromatic amines is 1. The van der Waals surface area contributed by atoms with Crippen LogP contribution in [-0.4, -0.2) is 81.9 Å². The van der Waals surface area contributed by atoms with Crippen molar-refractivity contribution >= 4 is 47.0 Å². The first-order valence-electron chi connectivity index (χ1n) is 16.5. The average Bonchev–Trinajstić information content (AvgIpc) is 3.60. The number of aromatic nitrogens is 2. The molecule has 1 saturated carbocycles. The van der Waals surface area contributed by atoms with Gasteiger partial charge in [-0.05, 0) is 87.4 Å². The number of H-pyrrole nitrogens is 1. The molecule has 3 heterocycles. The lowest BCUT2D eigenvalue weighted by molar-refractivity contribution is -0.162. The molecule has 0 bridgehead atoms. The van der Waals surface area contributed by atoms with Gasteiger partial charge in [0.2, 0.25) is 5.91 Å². The third kappa shape index (κ3) is 10.7. The van der Waals surface area contributed by atoms with Crippen LogP contribution in [0, 0.1) is 11.3 Å². The van der Waals surface area contributed by atoms with Crippen LogP contribution in [0.5, 0.6) is 0 Å². The van der Waals surface area contributed by atoms with E-state index in [1.54, 1.807) is 29.6 Å². The highest BCUT2D eigenvalue weighted by atomic mass is 35.5. The summed E-state index contributed by atoms with van der Waals surface area (Å²) in [6.07, 6.45) is 12.7. The predicted octanol–water partition coefficient (Wildman–Crippen LogP) is 4.85. The molecule has 0 unspecified atom stereocenters. The number of benzene rings is 1. The summed E-state index contributed by atoms with van der Waals surface area (Å²) in [6, 6.07) is 6.69. The maximum absolute atomic E-state index is 13.8. The minimum Gasteiger partial charge on any atom is -0.449 e. The van der Waals surface area contributed by atoms with E-state index in [1.165, 1.54) is 32.4 Å². The van der Waals surface area contributed by atoms with Gasteiger partial charge in [0.1, 0.15) is 6.04 Å². The zero-order valence-corrected chi connectivity index (χ0v) is 28.0. The first kappa shape index (κ1) is 35.6. The molecule has 252 valence electrons. The number of halogens is 1. The Bertz CT molecular complexity index is 1250. The zero-order chi connectivity index (χ0) is 32.8. The van der Waals surface area contributed by atoms with Crippen molar-refractivity contribution in [2.45, 2.75) is 83.1 Å². The van der Waals surface area contributed by atoms with Crippen molar-refractivity contribution < 1.29 is 24.2 Å². The van der Waals surface area contributed by atoms with Gasteiger partial charge in [-0.25, -0.2) is 9.78 Å². The molecule has 0 radical (unpaired) electrons. The Morgan fingerprint density at radius 3 is 2.30 bits per heavy atom. The molecule has 3 fully saturated rings. The van der Waals surface area contributed by atoms with Crippen LogP contribution in [0.2, 0.25) is 5.02 Å². The van der Waals surface area contributed by atoms with Crippen LogP contribution < -0.4 is 16.0 Å². The topological polar surface area (TPSA) is 149 Å². The molecule has 3 aliphatic rings. The summed E-state index contributed by atoms with van der Waals surface area (Å²) in [5.41, 5.74) is 1.01. The standard InChI is InChI=1S/C28H36ClN5O5S.C5H11N/c29-21-8-6-19(7-9-21)16-23(33-26(40)31-13-10-22-17-30-18-32-22)24(35)34-14-11-28(12-15-34,25(36)39-27(37)38)20-4-2-1-3-5-20;1-2-4-6-5-3-1/h6-9,17-18,20,23H,1-5,10-16H2,(H,30,32)(H,37,38)(H2,31,33,40);6H,1-5H2/t23-;/m1./s1. The minimum atomic E-state index is -1.58. The fourth-order valence-corrected chi connectivity index (χ4v) is 7.13. The van der Waals surface area contributed by atoms with E-state index in [0.717, 1.165) is 43.4 Å². The summed E-state index contributed by atoms with van der Waals surface area (Å²) in [6.45, 7) is 3.74. The smallest absolute Gasteiger partial charge is 0.449 e. The minimum absolute atomic E-state index is 0.0555. The molecule has 1 amide bonds. The highest BCUT2D eigenvalue weighted by molar-refractivity contribution is 7.80. The summed E-state index contributed by atoms with van der Waals surface area (Å²) in [5.74, 6) is -0.756. The van der Waals surface area contributed by atoms with Gasteiger partial charge in [0, 0.05) is 49.4 Å². The molecule has 1 aromatic heterocycles. The van der Waals surface area contributed by atoms with E-state index < -0.39 is 23.6 Å². The largest absolute Gasteiger partial charge is 0.513 e. The molecular formula is C33H47ClN6O5S. The van der Waals surface area contributed by atoms with Gasteiger partial charge < -0.3 is 35.7 Å². The molecule has 0 spiro atoms. The van der Waals surface area contributed by atoms with Crippen molar-refractivity contribution in [3.8, 4) is 0 Å². The van der Waals surface area contributed by atoms with Crippen LogP contribution in [0.1, 0.15) is 75.5 Å². The Labute approximate surface area is 281 Å². The number of ether oxygens (including phenoxy) is 1. The van der Waals surface area contributed by atoms with E-state index in [0.29, 0.717) is 55.5 Å². The molecule has 5 rings (SSSR count). The van der Waals surface area contributed by atoms with Crippen molar-refractivity contribution in [1.82, 2.24) is 30.8 Å². The number of carbonyl (C=O) groups excluding carboxylic acids is 2. The number of piperidine rings is 2. The Morgan fingerprint density at radius 2 is 1.74 bits per heavy atom. The number of nitrogens with zero attached hydrogens (tertiary/aromatic N) is 2. The summed E-state index contributed by atoms with van der Waals surface area (Å²) in [7, 11) is 0. The van der Waals surface area contributed by atoms with Gasteiger partial charge in [-0.2, -0.15) is 0 Å². The van der Waals surface area contributed by atoms with Gasteiger partial charge in [0.05, 0.1) is 11.7 Å². The number of amides is 1. The van der Waals surface area contributed by atoms with E-state index >= 15 is 0 Å². The van der Waals surface area contributed by atoms with Crippen molar-refractivity contribution in [2.75, 3.05) is 32.7 Å². The molecule has 2 aliphatic heterocycles. The summed E-state index contributed by atoms with van der Waals surface area (Å²) < 4.78 is 4.71. The average molecular weight is 675 g/mol. The van der Waals surface area contributed by atoms with E-state index in [2.05, 4.69) is 25.9 Å². The Morgan fingerprint density at radius 1 is 1.07 bits per heavy atom. The lowest BCUT2D eigenvalue weighted by Crippen LogP contribution is -2.56. The fourth-order valence-electron chi connectivity index (χ4n) is 6.76. The van der Waals surface area contributed by atoms with Gasteiger partial charge in [0.15, 0.2) is 5.11 Å². The number of nitrogens with one attached hydrogen (secondary N) is 4. The van der Waals surface area contributed by atoms with E-state index in [-0.39, 0.29) is 11.8 Å². The number of carboxylic acid groups (broad SMARTS) is 1. The third-order valence-electron chi connectivity index (χ3n) is 9.34. The van der Waals surface area contributed by atoms with Crippen LogP contribution in [0.25, 0.3) is 0 Å². The van der Waals surface area contributed by atoms with E-state index in [4.69, 9.17) is 33.7 Å². The monoisotopic (exact) mass is 674 g/mol. The molecule has 1 aliphatic carbocycles. The number of imidazole rings is 1. The first-order valence-corrected chi connectivity index (χ1v) is 17.3. The quantitative estimate of drug-likeness (QED) is 0.142. The molecule has 2 saturated heterocycles. The predicted molar refractivity (Wildman–Crippen MR) is 181 cm³/mol. The zero-order valence-electron chi connectivity index (χ0n) is 26.4. The molecule has 1 atom stereocenters. The number of hydrogen-bond donors (Lipinski definition) is 5.